The zero-order valence-corrected chi connectivity index (χ0v) is 17.5. The molecule has 5 rings (SSSR count). The number of nitrogens with one attached hydrogen (secondary N) is 1. The number of fused-ring (bicyclic) bond motifs is 3. The second kappa shape index (κ2) is 7.75. The first-order chi connectivity index (χ1) is 14.2. The van der Waals surface area contributed by atoms with Gasteiger partial charge in [-0.3, -0.25) is 4.79 Å². The molecular formula is C23H26N4OS. The van der Waals surface area contributed by atoms with Gasteiger partial charge in [0.05, 0.1) is 5.39 Å². The van der Waals surface area contributed by atoms with Crippen molar-refractivity contribution in [1.29, 1.82) is 0 Å². The molecule has 3 heterocycles. The van der Waals surface area contributed by atoms with Crippen LogP contribution in [0.3, 0.4) is 0 Å². The van der Waals surface area contributed by atoms with Crippen molar-refractivity contribution in [3.8, 4) is 0 Å². The lowest BCUT2D eigenvalue weighted by Gasteiger charge is -2.33. The third-order valence-electron chi connectivity index (χ3n) is 6.24. The molecule has 0 bridgehead atoms. The third-order valence-corrected chi connectivity index (χ3v) is 7.40. The highest BCUT2D eigenvalue weighted by Gasteiger charge is 2.27. The molecule has 6 heteroatoms. The van der Waals surface area contributed by atoms with Crippen molar-refractivity contribution in [3.63, 3.8) is 0 Å². The van der Waals surface area contributed by atoms with Gasteiger partial charge in [0.1, 0.15) is 17.0 Å². The molecule has 1 amide bonds. The van der Waals surface area contributed by atoms with Gasteiger partial charge in [-0.05, 0) is 55.7 Å². The molecule has 3 aromatic rings. The molecule has 1 N–H and O–H groups in total. The molecule has 1 atom stereocenters. The van der Waals surface area contributed by atoms with Gasteiger partial charge in [0.2, 0.25) is 0 Å². The Morgan fingerprint density at radius 2 is 1.93 bits per heavy atom. The minimum Gasteiger partial charge on any atom is -0.356 e. The summed E-state index contributed by atoms with van der Waals surface area (Å²) in [5.74, 6) is 1.88. The van der Waals surface area contributed by atoms with Crippen LogP contribution in [-0.2, 0) is 12.8 Å². The first-order valence-corrected chi connectivity index (χ1v) is 11.4. The molecule has 1 aliphatic carbocycles. The summed E-state index contributed by atoms with van der Waals surface area (Å²) in [6, 6.07) is 9.68. The number of amides is 1. The van der Waals surface area contributed by atoms with Crippen LogP contribution in [0.2, 0.25) is 0 Å². The van der Waals surface area contributed by atoms with Crippen LogP contribution in [0.25, 0.3) is 10.2 Å². The number of carbonyl (C=O) groups excluding carboxylic acids is 1. The van der Waals surface area contributed by atoms with Crippen molar-refractivity contribution in [2.45, 2.75) is 45.1 Å². The quantitative estimate of drug-likeness (QED) is 0.708. The van der Waals surface area contributed by atoms with E-state index in [0.29, 0.717) is 0 Å². The number of rotatable bonds is 3. The molecule has 29 heavy (non-hydrogen) atoms. The molecule has 2 aliphatic rings. The minimum absolute atomic E-state index is 0.0227. The average molecular weight is 407 g/mol. The Morgan fingerprint density at radius 3 is 2.72 bits per heavy atom. The first kappa shape index (κ1) is 18.6. The average Bonchev–Trinajstić information content (AvgIpc) is 3.12. The van der Waals surface area contributed by atoms with Crippen molar-refractivity contribution in [2.24, 2.45) is 5.92 Å². The monoisotopic (exact) mass is 406 g/mol. The van der Waals surface area contributed by atoms with Crippen molar-refractivity contribution >= 4 is 33.3 Å². The van der Waals surface area contributed by atoms with Crippen molar-refractivity contribution in [3.05, 3.63) is 52.7 Å². The molecule has 0 saturated carbocycles. The zero-order chi connectivity index (χ0) is 19.8. The zero-order valence-electron chi connectivity index (χ0n) is 16.7. The molecule has 5 nitrogen and oxygen atoms in total. The maximum Gasteiger partial charge on any atom is 0.251 e. The van der Waals surface area contributed by atoms with E-state index in [-0.39, 0.29) is 11.9 Å². The summed E-state index contributed by atoms with van der Waals surface area (Å²) in [6.07, 6.45) is 7.15. The largest absolute Gasteiger partial charge is 0.356 e. The Morgan fingerprint density at radius 1 is 1.14 bits per heavy atom. The molecule has 1 saturated heterocycles. The number of hydrogen-bond acceptors (Lipinski definition) is 5. The van der Waals surface area contributed by atoms with Crippen LogP contribution >= 0.6 is 11.3 Å². The van der Waals surface area contributed by atoms with E-state index in [1.165, 1.54) is 28.7 Å². The number of carbonyl (C=O) groups is 1. The fraction of sp³-hybridized carbons (Fsp3) is 0.435. The molecule has 0 radical (unpaired) electrons. The van der Waals surface area contributed by atoms with E-state index in [9.17, 15) is 4.79 Å². The topological polar surface area (TPSA) is 58.1 Å². The number of aryl methyl sites for hydroxylation is 1. The van der Waals surface area contributed by atoms with E-state index in [4.69, 9.17) is 4.98 Å². The lowest BCUT2D eigenvalue weighted by molar-refractivity contribution is 0.0931. The van der Waals surface area contributed by atoms with Crippen LogP contribution in [-0.4, -0.2) is 35.0 Å². The van der Waals surface area contributed by atoms with Gasteiger partial charge in [0.15, 0.2) is 0 Å². The second-order valence-corrected chi connectivity index (χ2v) is 9.41. The summed E-state index contributed by atoms with van der Waals surface area (Å²) in [5.41, 5.74) is 2.21. The number of nitrogens with zero attached hydrogens (tertiary/aromatic N) is 3. The number of hydrogen-bond donors (Lipinski definition) is 1. The molecular weight excluding hydrogens is 380 g/mol. The number of benzene rings is 1. The summed E-state index contributed by atoms with van der Waals surface area (Å²) in [7, 11) is 0. The molecule has 1 fully saturated rings. The summed E-state index contributed by atoms with van der Waals surface area (Å²) >= 11 is 1.85. The van der Waals surface area contributed by atoms with E-state index >= 15 is 0 Å². The Kier molecular flexibility index (Phi) is 4.96. The van der Waals surface area contributed by atoms with Crippen LogP contribution < -0.4 is 10.2 Å². The predicted octanol–water partition coefficient (Wildman–Crippen LogP) is 4.21. The predicted molar refractivity (Wildman–Crippen MR) is 118 cm³/mol. The van der Waals surface area contributed by atoms with Gasteiger partial charge >= 0.3 is 0 Å². The molecule has 0 spiro atoms. The van der Waals surface area contributed by atoms with Gasteiger partial charge in [-0.2, -0.15) is 0 Å². The Bertz CT molecular complexity index is 1020. The van der Waals surface area contributed by atoms with Crippen molar-refractivity contribution < 1.29 is 4.79 Å². The Balaban J connectivity index is 1.31. The van der Waals surface area contributed by atoms with Gasteiger partial charge in [-0.25, -0.2) is 9.97 Å². The Labute approximate surface area is 175 Å². The van der Waals surface area contributed by atoms with Crippen molar-refractivity contribution in [1.82, 2.24) is 15.3 Å². The number of anilines is 1. The summed E-state index contributed by atoms with van der Waals surface area (Å²) in [6.45, 7) is 4.16. The van der Waals surface area contributed by atoms with Crippen LogP contribution in [0, 0.1) is 5.92 Å². The van der Waals surface area contributed by atoms with Crippen LogP contribution in [0.4, 0.5) is 5.82 Å². The van der Waals surface area contributed by atoms with E-state index in [1.807, 2.05) is 41.7 Å². The SMILES string of the molecule is CC1CCc2c(sc3ncnc(N4CCC(NC(=O)c5ccccc5)CC4)c23)C1. The maximum absolute atomic E-state index is 12.4. The fourth-order valence-electron chi connectivity index (χ4n) is 4.59. The highest BCUT2D eigenvalue weighted by molar-refractivity contribution is 7.19. The first-order valence-electron chi connectivity index (χ1n) is 10.5. The highest BCUT2D eigenvalue weighted by atomic mass is 32.1. The van der Waals surface area contributed by atoms with E-state index in [1.54, 1.807) is 6.33 Å². The highest BCUT2D eigenvalue weighted by Crippen LogP contribution is 2.41. The number of thiophene rings is 1. The third kappa shape index (κ3) is 3.62. The van der Waals surface area contributed by atoms with Gasteiger partial charge < -0.3 is 10.2 Å². The second-order valence-electron chi connectivity index (χ2n) is 8.33. The summed E-state index contributed by atoms with van der Waals surface area (Å²) in [5, 5.41) is 4.48. The fourth-order valence-corrected chi connectivity index (χ4v) is 5.94. The normalized spacial score (nSPS) is 19.9. The van der Waals surface area contributed by atoms with E-state index in [2.05, 4.69) is 22.1 Å². The van der Waals surface area contributed by atoms with Crippen LogP contribution in [0.1, 0.15) is 47.0 Å². The minimum atomic E-state index is 0.0227. The molecule has 150 valence electrons. The molecule has 1 unspecified atom stereocenters. The lowest BCUT2D eigenvalue weighted by atomic mass is 9.89. The summed E-state index contributed by atoms with van der Waals surface area (Å²) < 4.78 is 0. The number of piperidine rings is 1. The Hall–Kier alpha value is -2.47. The van der Waals surface area contributed by atoms with Crippen LogP contribution in [0.15, 0.2) is 36.7 Å². The standard InChI is InChI=1S/C23H26N4OS/c1-15-7-8-18-19(13-15)29-23-20(18)21(24-14-25-23)27-11-9-17(10-12-27)26-22(28)16-5-3-2-4-6-16/h2-6,14-15,17H,7-13H2,1H3,(H,26,28). The maximum atomic E-state index is 12.4. The van der Waals surface area contributed by atoms with E-state index < -0.39 is 0 Å². The molecule has 2 aromatic heterocycles. The van der Waals surface area contributed by atoms with Gasteiger partial charge in [-0.15, -0.1) is 11.3 Å². The lowest BCUT2D eigenvalue weighted by Crippen LogP contribution is -2.45. The van der Waals surface area contributed by atoms with E-state index in [0.717, 1.165) is 54.5 Å². The van der Waals surface area contributed by atoms with Gasteiger partial charge in [0.25, 0.3) is 5.91 Å². The summed E-state index contributed by atoms with van der Waals surface area (Å²) in [4.78, 5) is 26.8. The van der Waals surface area contributed by atoms with Crippen LogP contribution in [0.5, 0.6) is 0 Å². The molecule has 1 aromatic carbocycles. The van der Waals surface area contributed by atoms with Crippen molar-refractivity contribution in [2.75, 3.05) is 18.0 Å². The smallest absolute Gasteiger partial charge is 0.251 e. The number of aromatic nitrogens is 2. The van der Waals surface area contributed by atoms with Gasteiger partial charge in [0, 0.05) is 29.6 Å². The van der Waals surface area contributed by atoms with Gasteiger partial charge in [-0.1, -0.05) is 25.1 Å². The molecule has 1 aliphatic heterocycles.